The Morgan fingerprint density at radius 3 is 2.96 bits per heavy atom. The summed E-state index contributed by atoms with van der Waals surface area (Å²) < 4.78 is 18.3. The second-order valence-electron chi connectivity index (χ2n) is 5.80. The van der Waals surface area contributed by atoms with Crippen LogP contribution < -0.4 is 0 Å². The van der Waals surface area contributed by atoms with Crippen molar-refractivity contribution in [2.24, 2.45) is 4.99 Å². The number of nitrogens with zero attached hydrogens (tertiary/aromatic N) is 1. The van der Waals surface area contributed by atoms with Gasteiger partial charge in [-0.2, -0.15) is 0 Å². The molecule has 1 rings (SSSR count). The smallest absolute Gasteiger partial charge is 0.171 e. The van der Waals surface area contributed by atoms with Gasteiger partial charge in [0.25, 0.3) is 0 Å². The molecule has 0 aromatic heterocycles. The van der Waals surface area contributed by atoms with Gasteiger partial charge in [-0.3, -0.25) is 9.79 Å². The van der Waals surface area contributed by atoms with Gasteiger partial charge in [0, 0.05) is 32.4 Å². The molecule has 148 valence electrons. The summed E-state index contributed by atoms with van der Waals surface area (Å²) in [7, 11) is 1.43. The van der Waals surface area contributed by atoms with Crippen LogP contribution in [0.4, 0.5) is 4.39 Å². The van der Waals surface area contributed by atoms with Crippen molar-refractivity contribution in [1.29, 1.82) is 0 Å². The number of aliphatic imine (C=N–C) groups is 1. The standard InChI is InChI=1S/C23H26FNO3/c1-3-19(17-22(24)18-28-2)10-11-23(27)21-9-5-4-8-20(16-21)12-14-25-13-6-7-15-26/h3,6-8,12-14,16-17,26H,4,10-11,15,18H2,1-2H3/b7-6+,14-12+,19-3-,22-17+,25-13-. The maximum absolute atomic E-state index is 13.6. The van der Waals surface area contributed by atoms with Crippen LogP contribution in [0.1, 0.15) is 26.2 Å². The summed E-state index contributed by atoms with van der Waals surface area (Å²) >= 11 is 0. The fourth-order valence-corrected chi connectivity index (χ4v) is 2.27. The van der Waals surface area contributed by atoms with Crippen LogP contribution in [0.25, 0.3) is 0 Å². The van der Waals surface area contributed by atoms with E-state index in [1.165, 1.54) is 13.2 Å². The number of rotatable bonds is 11. The Balaban J connectivity index is 2.73. The molecule has 0 aliphatic heterocycles. The molecule has 0 saturated carbocycles. The SMILES string of the molecule is C/C=C(\C=C(\F)COC)CCC(=O)C1=CC(/C=C/N=C\C=C\CO)=CCC#C1. The number of carbonyl (C=O) groups excluding carboxylic acids is 1. The molecular weight excluding hydrogens is 357 g/mol. The number of aliphatic hydroxyl groups is 1. The zero-order valence-electron chi connectivity index (χ0n) is 16.3. The topological polar surface area (TPSA) is 58.9 Å². The lowest BCUT2D eigenvalue weighted by Crippen LogP contribution is -2.02. The highest BCUT2D eigenvalue weighted by Crippen LogP contribution is 2.16. The molecule has 1 N–H and O–H groups in total. The molecule has 0 spiro atoms. The van der Waals surface area contributed by atoms with Crippen LogP contribution in [0.15, 0.2) is 76.3 Å². The lowest BCUT2D eigenvalue weighted by molar-refractivity contribution is -0.115. The predicted molar refractivity (Wildman–Crippen MR) is 111 cm³/mol. The number of ether oxygens (including phenoxy) is 1. The van der Waals surface area contributed by atoms with Gasteiger partial charge in [0.05, 0.1) is 18.8 Å². The molecule has 1 aliphatic rings. The van der Waals surface area contributed by atoms with E-state index in [4.69, 9.17) is 9.84 Å². The third kappa shape index (κ3) is 9.77. The summed E-state index contributed by atoms with van der Waals surface area (Å²) in [6.07, 6.45) is 16.2. The first-order chi connectivity index (χ1) is 13.6. The van der Waals surface area contributed by atoms with Crippen LogP contribution in [0.2, 0.25) is 0 Å². The second kappa shape index (κ2) is 14.3. The summed E-state index contributed by atoms with van der Waals surface area (Å²) in [5.41, 5.74) is 2.02. The highest BCUT2D eigenvalue weighted by Gasteiger charge is 2.10. The van der Waals surface area contributed by atoms with Crippen LogP contribution in [0.3, 0.4) is 0 Å². The van der Waals surface area contributed by atoms with Crippen molar-refractivity contribution in [2.45, 2.75) is 26.2 Å². The van der Waals surface area contributed by atoms with Crippen molar-refractivity contribution < 1.29 is 19.0 Å². The molecule has 5 heteroatoms. The first-order valence-electron chi connectivity index (χ1n) is 9.00. The van der Waals surface area contributed by atoms with Gasteiger partial charge in [-0.05, 0) is 48.8 Å². The van der Waals surface area contributed by atoms with E-state index in [2.05, 4.69) is 16.8 Å². The maximum Gasteiger partial charge on any atom is 0.171 e. The van der Waals surface area contributed by atoms with Crippen molar-refractivity contribution in [1.82, 2.24) is 0 Å². The van der Waals surface area contributed by atoms with Crippen LogP contribution in [-0.2, 0) is 9.53 Å². The van der Waals surface area contributed by atoms with Crippen LogP contribution in [-0.4, -0.2) is 37.4 Å². The highest BCUT2D eigenvalue weighted by molar-refractivity contribution is 6.00. The van der Waals surface area contributed by atoms with Crippen molar-refractivity contribution in [3.05, 3.63) is 71.3 Å². The number of hydrogen-bond donors (Lipinski definition) is 1. The molecule has 0 amide bonds. The number of allylic oxidation sites excluding steroid dienone is 9. The summed E-state index contributed by atoms with van der Waals surface area (Å²) in [6, 6.07) is 0. The fraction of sp³-hybridized carbons (Fsp3) is 0.304. The zero-order valence-corrected chi connectivity index (χ0v) is 16.3. The molecule has 0 saturated heterocycles. The average Bonchev–Trinajstić information content (AvgIpc) is 2.93. The molecule has 0 atom stereocenters. The van der Waals surface area contributed by atoms with Gasteiger partial charge in [-0.25, -0.2) is 4.39 Å². The van der Waals surface area contributed by atoms with E-state index in [1.54, 1.807) is 42.8 Å². The van der Waals surface area contributed by atoms with Gasteiger partial charge in [0.15, 0.2) is 5.78 Å². The Hall–Kier alpha value is -2.81. The Morgan fingerprint density at radius 2 is 2.25 bits per heavy atom. The average molecular weight is 383 g/mol. The number of aliphatic hydroxyl groups excluding tert-OH is 1. The van der Waals surface area contributed by atoms with Gasteiger partial charge in [-0.1, -0.05) is 30.1 Å². The molecule has 28 heavy (non-hydrogen) atoms. The Morgan fingerprint density at radius 1 is 1.43 bits per heavy atom. The van der Waals surface area contributed by atoms with Gasteiger partial charge in [-0.15, -0.1) is 0 Å². The lowest BCUT2D eigenvalue weighted by atomic mass is 10.0. The predicted octanol–water partition coefficient (Wildman–Crippen LogP) is 4.17. The molecule has 0 aromatic carbocycles. The normalized spacial score (nSPS) is 15.6. The molecule has 0 bridgehead atoms. The van der Waals surface area contributed by atoms with Gasteiger partial charge in [0.1, 0.15) is 5.83 Å². The van der Waals surface area contributed by atoms with Crippen LogP contribution in [0.5, 0.6) is 0 Å². The van der Waals surface area contributed by atoms with E-state index in [1.807, 2.05) is 13.0 Å². The number of ketones is 1. The Bertz CT molecular complexity index is 799. The summed E-state index contributed by atoms with van der Waals surface area (Å²) in [5, 5.41) is 8.64. The summed E-state index contributed by atoms with van der Waals surface area (Å²) in [6.45, 7) is 1.69. The van der Waals surface area contributed by atoms with Crippen LogP contribution in [0, 0.1) is 11.8 Å². The van der Waals surface area contributed by atoms with E-state index >= 15 is 0 Å². The summed E-state index contributed by atoms with van der Waals surface area (Å²) in [5.74, 6) is 5.39. The zero-order chi connectivity index (χ0) is 20.6. The third-order valence-electron chi connectivity index (χ3n) is 3.68. The molecule has 0 heterocycles. The quantitative estimate of drug-likeness (QED) is 0.331. The van der Waals surface area contributed by atoms with Gasteiger partial charge in [0.2, 0.25) is 0 Å². The minimum Gasteiger partial charge on any atom is -0.392 e. The molecule has 0 radical (unpaired) electrons. The van der Waals surface area contributed by atoms with E-state index in [-0.39, 0.29) is 31.2 Å². The van der Waals surface area contributed by atoms with Crippen molar-refractivity contribution >= 4 is 12.0 Å². The fourth-order valence-electron chi connectivity index (χ4n) is 2.27. The Kier molecular flexibility index (Phi) is 11.8. The molecule has 4 nitrogen and oxygen atoms in total. The van der Waals surface area contributed by atoms with E-state index < -0.39 is 0 Å². The van der Waals surface area contributed by atoms with E-state index in [0.29, 0.717) is 18.4 Å². The first-order valence-corrected chi connectivity index (χ1v) is 9.00. The minimum absolute atomic E-state index is 0.0316. The van der Waals surface area contributed by atoms with Crippen LogP contribution >= 0.6 is 0 Å². The molecular formula is C23H26FNO3. The number of hydrogen-bond acceptors (Lipinski definition) is 4. The van der Waals surface area contributed by atoms with E-state index in [9.17, 15) is 9.18 Å². The minimum atomic E-state index is -0.374. The summed E-state index contributed by atoms with van der Waals surface area (Å²) in [4.78, 5) is 16.6. The molecule has 0 fully saturated rings. The van der Waals surface area contributed by atoms with Gasteiger partial charge < -0.3 is 9.84 Å². The Labute approximate surface area is 166 Å². The molecule has 0 aromatic rings. The van der Waals surface area contributed by atoms with Gasteiger partial charge >= 0.3 is 0 Å². The van der Waals surface area contributed by atoms with Crippen molar-refractivity contribution in [3.63, 3.8) is 0 Å². The largest absolute Gasteiger partial charge is 0.392 e. The number of halogens is 1. The number of Topliss-reactive ketones (excluding diaryl/α,β-unsaturated/α-hetero) is 1. The highest BCUT2D eigenvalue weighted by atomic mass is 19.1. The molecule has 0 unspecified atom stereocenters. The van der Waals surface area contributed by atoms with E-state index in [0.717, 1.165) is 11.1 Å². The lowest BCUT2D eigenvalue weighted by Gasteiger charge is -2.03. The first kappa shape index (κ1) is 23.2. The second-order valence-corrected chi connectivity index (χ2v) is 5.80. The molecule has 1 aliphatic carbocycles. The monoisotopic (exact) mass is 383 g/mol. The number of methoxy groups -OCH3 is 1. The maximum atomic E-state index is 13.6. The van der Waals surface area contributed by atoms with Crippen molar-refractivity contribution in [2.75, 3.05) is 20.3 Å². The number of carbonyl (C=O) groups is 1. The third-order valence-corrected chi connectivity index (χ3v) is 3.68. The van der Waals surface area contributed by atoms with Crippen molar-refractivity contribution in [3.8, 4) is 11.8 Å².